The van der Waals surface area contributed by atoms with Crippen molar-refractivity contribution in [2.75, 3.05) is 20.3 Å². The van der Waals surface area contributed by atoms with E-state index in [1.807, 2.05) is 0 Å². The molecule has 2 amide bonds. The van der Waals surface area contributed by atoms with Crippen LogP contribution in [0.1, 0.15) is 46.4 Å². The minimum absolute atomic E-state index is 0.166. The first-order chi connectivity index (χ1) is 10.2. The number of carbonyl (C=O) groups excluding carboxylic acids is 2. The van der Waals surface area contributed by atoms with Gasteiger partial charge in [0.25, 0.3) is 11.8 Å². The Kier molecular flexibility index (Phi) is 5.68. The van der Waals surface area contributed by atoms with Gasteiger partial charge in [-0.2, -0.15) is 0 Å². The minimum atomic E-state index is -0.255. The van der Waals surface area contributed by atoms with Crippen molar-refractivity contribution in [2.24, 2.45) is 0 Å². The molecular weight excluding hydrogens is 270 g/mol. The highest BCUT2D eigenvalue weighted by atomic mass is 16.5. The van der Waals surface area contributed by atoms with Gasteiger partial charge in [-0.05, 0) is 18.9 Å². The Morgan fingerprint density at radius 1 is 1.24 bits per heavy atom. The third-order valence-corrected chi connectivity index (χ3v) is 3.54. The molecule has 6 nitrogen and oxygen atoms in total. The van der Waals surface area contributed by atoms with Gasteiger partial charge in [-0.3, -0.25) is 14.6 Å². The Hall–Kier alpha value is -1.95. The van der Waals surface area contributed by atoms with Crippen LogP contribution in [0.4, 0.5) is 0 Å². The summed E-state index contributed by atoms with van der Waals surface area (Å²) in [5.74, 6) is -0.420. The molecule has 1 fully saturated rings. The predicted octanol–water partition coefficient (Wildman–Crippen LogP) is 1.13. The van der Waals surface area contributed by atoms with Gasteiger partial charge in [0, 0.05) is 32.1 Å². The second-order valence-corrected chi connectivity index (χ2v) is 5.17. The maximum absolute atomic E-state index is 12.1. The molecule has 1 aromatic heterocycles. The lowest BCUT2D eigenvalue weighted by molar-refractivity contribution is 0.0936. The first kappa shape index (κ1) is 15.4. The van der Waals surface area contributed by atoms with Gasteiger partial charge < -0.3 is 15.4 Å². The Morgan fingerprint density at radius 2 is 1.90 bits per heavy atom. The Bertz CT molecular complexity index is 499. The van der Waals surface area contributed by atoms with Crippen LogP contribution in [0, 0.1) is 0 Å². The van der Waals surface area contributed by atoms with Gasteiger partial charge in [0.2, 0.25) is 0 Å². The van der Waals surface area contributed by atoms with Crippen molar-refractivity contribution < 1.29 is 14.3 Å². The number of nitrogens with zero attached hydrogens (tertiary/aromatic N) is 1. The summed E-state index contributed by atoms with van der Waals surface area (Å²) in [6.07, 6.45) is 7.30. The van der Waals surface area contributed by atoms with Crippen molar-refractivity contribution in [3.8, 4) is 0 Å². The number of nitrogens with one attached hydrogen (secondary N) is 2. The topological polar surface area (TPSA) is 80.3 Å². The van der Waals surface area contributed by atoms with Crippen LogP contribution in [0.2, 0.25) is 0 Å². The van der Waals surface area contributed by atoms with Gasteiger partial charge in [0.1, 0.15) is 0 Å². The average molecular weight is 291 g/mol. The molecule has 1 aromatic rings. The Balaban J connectivity index is 1.95. The number of amides is 2. The summed E-state index contributed by atoms with van der Waals surface area (Å²) in [5.41, 5.74) is 0.798. The molecule has 21 heavy (non-hydrogen) atoms. The molecule has 2 rings (SSSR count). The van der Waals surface area contributed by atoms with Crippen molar-refractivity contribution >= 4 is 11.8 Å². The van der Waals surface area contributed by atoms with E-state index in [1.54, 1.807) is 13.2 Å². The number of ether oxygens (including phenoxy) is 1. The Morgan fingerprint density at radius 3 is 2.57 bits per heavy atom. The smallest absolute Gasteiger partial charge is 0.253 e. The molecule has 0 aromatic carbocycles. The molecule has 1 aliphatic carbocycles. The number of hydrogen-bond acceptors (Lipinski definition) is 4. The number of pyridine rings is 1. The van der Waals surface area contributed by atoms with Gasteiger partial charge in [0.05, 0.1) is 17.7 Å². The standard InChI is InChI=1S/C15H21N3O3/c1-21-7-6-17-14(19)11-8-12(10-16-9-11)15(20)18-13-4-2-3-5-13/h8-10,13H,2-7H2,1H3,(H,17,19)(H,18,20). The van der Waals surface area contributed by atoms with Crippen molar-refractivity contribution in [1.82, 2.24) is 15.6 Å². The summed E-state index contributed by atoms with van der Waals surface area (Å²) in [6.45, 7) is 0.870. The minimum Gasteiger partial charge on any atom is -0.383 e. The van der Waals surface area contributed by atoms with Crippen LogP contribution in [0.15, 0.2) is 18.5 Å². The lowest BCUT2D eigenvalue weighted by atomic mass is 10.1. The van der Waals surface area contributed by atoms with Crippen LogP contribution < -0.4 is 10.6 Å². The van der Waals surface area contributed by atoms with Crippen LogP contribution >= 0.6 is 0 Å². The normalized spacial score (nSPS) is 14.9. The molecule has 2 N–H and O–H groups in total. The highest BCUT2D eigenvalue weighted by Gasteiger charge is 2.18. The van der Waals surface area contributed by atoms with E-state index in [4.69, 9.17) is 4.74 Å². The fourth-order valence-corrected chi connectivity index (χ4v) is 2.40. The maximum Gasteiger partial charge on any atom is 0.253 e. The third kappa shape index (κ3) is 4.53. The van der Waals surface area contributed by atoms with Crippen LogP contribution in [-0.4, -0.2) is 43.1 Å². The fraction of sp³-hybridized carbons (Fsp3) is 0.533. The second kappa shape index (κ2) is 7.73. The summed E-state index contributed by atoms with van der Waals surface area (Å²) in [4.78, 5) is 28.0. The van der Waals surface area contributed by atoms with Gasteiger partial charge in [-0.15, -0.1) is 0 Å². The molecule has 1 saturated carbocycles. The van der Waals surface area contributed by atoms with Gasteiger partial charge >= 0.3 is 0 Å². The number of hydrogen-bond donors (Lipinski definition) is 2. The monoisotopic (exact) mass is 291 g/mol. The zero-order valence-electron chi connectivity index (χ0n) is 12.2. The largest absolute Gasteiger partial charge is 0.383 e. The van der Waals surface area contributed by atoms with Crippen molar-refractivity contribution in [3.05, 3.63) is 29.6 Å². The molecule has 0 bridgehead atoms. The zero-order valence-corrected chi connectivity index (χ0v) is 12.2. The highest BCUT2D eigenvalue weighted by molar-refractivity contribution is 5.99. The van der Waals surface area contributed by atoms with Crippen molar-refractivity contribution in [1.29, 1.82) is 0 Å². The van der Waals surface area contributed by atoms with Crippen molar-refractivity contribution in [2.45, 2.75) is 31.7 Å². The van der Waals surface area contributed by atoms with E-state index in [0.29, 0.717) is 24.3 Å². The highest BCUT2D eigenvalue weighted by Crippen LogP contribution is 2.18. The van der Waals surface area contributed by atoms with Crippen LogP contribution in [0.3, 0.4) is 0 Å². The lowest BCUT2D eigenvalue weighted by Gasteiger charge is -2.12. The quantitative estimate of drug-likeness (QED) is 0.770. The van der Waals surface area contributed by atoms with E-state index in [9.17, 15) is 9.59 Å². The third-order valence-electron chi connectivity index (χ3n) is 3.54. The van der Waals surface area contributed by atoms with E-state index in [0.717, 1.165) is 25.7 Å². The van der Waals surface area contributed by atoms with Crippen LogP contribution in [0.25, 0.3) is 0 Å². The summed E-state index contributed by atoms with van der Waals surface area (Å²) in [7, 11) is 1.57. The van der Waals surface area contributed by atoms with E-state index in [2.05, 4.69) is 15.6 Å². The zero-order chi connectivity index (χ0) is 15.1. The fourth-order valence-electron chi connectivity index (χ4n) is 2.40. The Labute approximate surface area is 124 Å². The first-order valence-electron chi connectivity index (χ1n) is 7.23. The number of methoxy groups -OCH3 is 1. The van der Waals surface area contributed by atoms with Crippen molar-refractivity contribution in [3.63, 3.8) is 0 Å². The number of aromatic nitrogens is 1. The number of carbonyl (C=O) groups is 2. The SMILES string of the molecule is COCCNC(=O)c1cncc(C(=O)NC2CCCC2)c1. The van der Waals surface area contributed by atoms with Crippen LogP contribution in [0.5, 0.6) is 0 Å². The van der Waals surface area contributed by atoms with Crippen LogP contribution in [-0.2, 0) is 4.74 Å². The van der Waals surface area contributed by atoms with Gasteiger partial charge in [-0.1, -0.05) is 12.8 Å². The summed E-state index contributed by atoms with van der Waals surface area (Å²) >= 11 is 0. The number of rotatable bonds is 6. The van der Waals surface area contributed by atoms with Gasteiger partial charge in [0.15, 0.2) is 0 Å². The molecule has 0 atom stereocenters. The van der Waals surface area contributed by atoms with E-state index < -0.39 is 0 Å². The average Bonchev–Trinajstić information content (AvgIpc) is 3.00. The summed E-state index contributed by atoms with van der Waals surface area (Å²) in [5, 5.41) is 5.69. The molecule has 0 unspecified atom stereocenters. The molecule has 114 valence electrons. The molecule has 0 saturated heterocycles. The van der Waals surface area contributed by atoms with E-state index in [-0.39, 0.29) is 17.9 Å². The molecular formula is C15H21N3O3. The molecule has 0 radical (unpaired) electrons. The molecule has 6 heteroatoms. The molecule has 0 aliphatic heterocycles. The first-order valence-corrected chi connectivity index (χ1v) is 7.23. The molecule has 1 heterocycles. The second-order valence-electron chi connectivity index (χ2n) is 5.17. The summed E-state index contributed by atoms with van der Waals surface area (Å²) in [6, 6.07) is 1.82. The van der Waals surface area contributed by atoms with E-state index >= 15 is 0 Å². The lowest BCUT2D eigenvalue weighted by Crippen LogP contribution is -2.33. The molecule has 1 aliphatic rings. The molecule has 0 spiro atoms. The van der Waals surface area contributed by atoms with E-state index in [1.165, 1.54) is 12.4 Å². The summed E-state index contributed by atoms with van der Waals surface area (Å²) < 4.78 is 4.87. The maximum atomic E-state index is 12.1. The predicted molar refractivity (Wildman–Crippen MR) is 78.2 cm³/mol. The van der Waals surface area contributed by atoms with Gasteiger partial charge in [-0.25, -0.2) is 0 Å².